The molecular weight excluding hydrogens is 214 g/mol. The van der Waals surface area contributed by atoms with Gasteiger partial charge < -0.3 is 14.3 Å². The van der Waals surface area contributed by atoms with Gasteiger partial charge in [0.2, 0.25) is 0 Å². The SMILES string of the molecule is Cn1cnc2cc(NCc3ccco3)ccc21. The molecule has 0 atom stereocenters. The summed E-state index contributed by atoms with van der Waals surface area (Å²) in [6.07, 6.45) is 3.50. The smallest absolute Gasteiger partial charge is 0.122 e. The summed E-state index contributed by atoms with van der Waals surface area (Å²) in [6, 6.07) is 9.99. The van der Waals surface area contributed by atoms with Crippen molar-refractivity contribution < 1.29 is 4.42 Å². The van der Waals surface area contributed by atoms with Crippen LogP contribution in [0.2, 0.25) is 0 Å². The van der Waals surface area contributed by atoms with Gasteiger partial charge in [-0.15, -0.1) is 0 Å². The third-order valence-corrected chi connectivity index (χ3v) is 2.77. The summed E-state index contributed by atoms with van der Waals surface area (Å²) in [5.74, 6) is 0.922. The molecule has 0 amide bonds. The van der Waals surface area contributed by atoms with Crippen LogP contribution in [0.3, 0.4) is 0 Å². The summed E-state index contributed by atoms with van der Waals surface area (Å²) in [5.41, 5.74) is 3.18. The Balaban J connectivity index is 1.81. The number of aromatic nitrogens is 2. The average molecular weight is 227 g/mol. The predicted molar refractivity (Wildman–Crippen MR) is 66.7 cm³/mol. The Morgan fingerprint density at radius 3 is 3.12 bits per heavy atom. The van der Waals surface area contributed by atoms with E-state index in [1.807, 2.05) is 42.2 Å². The van der Waals surface area contributed by atoms with Crippen LogP contribution >= 0.6 is 0 Å². The van der Waals surface area contributed by atoms with Crippen molar-refractivity contribution in [1.29, 1.82) is 0 Å². The number of aryl methyl sites for hydroxylation is 1. The molecule has 0 aliphatic heterocycles. The second-order valence-electron chi connectivity index (χ2n) is 3.99. The van der Waals surface area contributed by atoms with Crippen LogP contribution in [-0.2, 0) is 13.6 Å². The maximum atomic E-state index is 5.26. The Morgan fingerprint density at radius 1 is 1.35 bits per heavy atom. The Bertz CT molecular complexity index is 625. The lowest BCUT2D eigenvalue weighted by Crippen LogP contribution is -1.97. The van der Waals surface area contributed by atoms with E-state index in [1.165, 1.54) is 0 Å². The molecule has 0 aliphatic rings. The molecule has 0 bridgehead atoms. The number of imidazole rings is 1. The van der Waals surface area contributed by atoms with Crippen molar-refractivity contribution >= 4 is 16.7 Å². The second-order valence-corrected chi connectivity index (χ2v) is 3.99. The molecular formula is C13H13N3O. The van der Waals surface area contributed by atoms with E-state index in [1.54, 1.807) is 6.26 Å². The first-order valence-corrected chi connectivity index (χ1v) is 5.50. The van der Waals surface area contributed by atoms with Crippen LogP contribution in [0.25, 0.3) is 11.0 Å². The highest BCUT2D eigenvalue weighted by Crippen LogP contribution is 2.18. The third-order valence-electron chi connectivity index (χ3n) is 2.77. The number of nitrogens with zero attached hydrogens (tertiary/aromatic N) is 2. The molecule has 1 N–H and O–H groups in total. The van der Waals surface area contributed by atoms with E-state index in [0.717, 1.165) is 22.5 Å². The highest BCUT2D eigenvalue weighted by Gasteiger charge is 2.01. The van der Waals surface area contributed by atoms with Crippen LogP contribution in [0.5, 0.6) is 0 Å². The molecule has 1 aromatic carbocycles. The molecule has 3 aromatic rings. The van der Waals surface area contributed by atoms with Gasteiger partial charge in [-0.05, 0) is 30.3 Å². The number of hydrogen-bond acceptors (Lipinski definition) is 3. The van der Waals surface area contributed by atoms with E-state index in [-0.39, 0.29) is 0 Å². The molecule has 0 saturated heterocycles. The van der Waals surface area contributed by atoms with Crippen molar-refractivity contribution in [2.75, 3.05) is 5.32 Å². The highest BCUT2D eigenvalue weighted by molar-refractivity contribution is 5.79. The van der Waals surface area contributed by atoms with Crippen LogP contribution < -0.4 is 5.32 Å². The highest BCUT2D eigenvalue weighted by atomic mass is 16.3. The molecule has 4 heteroatoms. The molecule has 0 radical (unpaired) electrons. The molecule has 0 aliphatic carbocycles. The topological polar surface area (TPSA) is 43.0 Å². The number of benzene rings is 1. The van der Waals surface area contributed by atoms with Gasteiger partial charge >= 0.3 is 0 Å². The van der Waals surface area contributed by atoms with Crippen molar-refractivity contribution in [2.24, 2.45) is 7.05 Å². The van der Waals surface area contributed by atoms with Gasteiger partial charge in [0.05, 0.1) is 30.2 Å². The second kappa shape index (κ2) is 3.97. The van der Waals surface area contributed by atoms with Crippen molar-refractivity contribution in [3.05, 3.63) is 48.7 Å². The lowest BCUT2D eigenvalue weighted by molar-refractivity contribution is 0.518. The van der Waals surface area contributed by atoms with Gasteiger partial charge in [0.25, 0.3) is 0 Å². The molecule has 86 valence electrons. The standard InChI is InChI=1S/C13H13N3O/c1-16-9-15-12-7-10(4-5-13(12)16)14-8-11-3-2-6-17-11/h2-7,9,14H,8H2,1H3. The molecule has 0 unspecified atom stereocenters. The number of furan rings is 1. The minimum atomic E-state index is 0.686. The zero-order valence-corrected chi connectivity index (χ0v) is 9.55. The fourth-order valence-electron chi connectivity index (χ4n) is 1.85. The van der Waals surface area contributed by atoms with Gasteiger partial charge in [0, 0.05) is 12.7 Å². The molecule has 2 heterocycles. The molecule has 2 aromatic heterocycles. The molecule has 0 saturated carbocycles. The van der Waals surface area contributed by atoms with Gasteiger partial charge in [0.15, 0.2) is 0 Å². The zero-order chi connectivity index (χ0) is 11.7. The first-order valence-electron chi connectivity index (χ1n) is 5.50. The van der Waals surface area contributed by atoms with Crippen molar-refractivity contribution in [2.45, 2.75) is 6.54 Å². The molecule has 4 nitrogen and oxygen atoms in total. The van der Waals surface area contributed by atoms with Crippen LogP contribution in [0, 0.1) is 0 Å². The maximum absolute atomic E-state index is 5.26. The Kier molecular flexibility index (Phi) is 2.33. The van der Waals surface area contributed by atoms with Crippen LogP contribution in [0.4, 0.5) is 5.69 Å². The van der Waals surface area contributed by atoms with Gasteiger partial charge in [-0.25, -0.2) is 4.98 Å². The number of nitrogens with one attached hydrogen (secondary N) is 1. The number of anilines is 1. The lowest BCUT2D eigenvalue weighted by Gasteiger charge is -2.04. The number of rotatable bonds is 3. The molecule has 0 spiro atoms. The van der Waals surface area contributed by atoms with Gasteiger partial charge in [-0.3, -0.25) is 0 Å². The third kappa shape index (κ3) is 1.89. The van der Waals surface area contributed by atoms with Crippen molar-refractivity contribution in [3.8, 4) is 0 Å². The summed E-state index contributed by atoms with van der Waals surface area (Å²) in [6.45, 7) is 0.686. The van der Waals surface area contributed by atoms with Crippen LogP contribution in [-0.4, -0.2) is 9.55 Å². The number of fused-ring (bicyclic) bond motifs is 1. The summed E-state index contributed by atoms with van der Waals surface area (Å²) >= 11 is 0. The minimum Gasteiger partial charge on any atom is -0.467 e. The minimum absolute atomic E-state index is 0.686. The first kappa shape index (κ1) is 9.96. The van der Waals surface area contributed by atoms with Crippen LogP contribution in [0.15, 0.2) is 47.3 Å². The summed E-state index contributed by atoms with van der Waals surface area (Å²) in [5, 5.41) is 3.31. The van der Waals surface area contributed by atoms with E-state index < -0.39 is 0 Å². The predicted octanol–water partition coefficient (Wildman–Crippen LogP) is 2.78. The molecule has 3 rings (SSSR count). The summed E-state index contributed by atoms with van der Waals surface area (Å²) in [7, 11) is 1.99. The summed E-state index contributed by atoms with van der Waals surface area (Å²) in [4.78, 5) is 4.32. The lowest BCUT2D eigenvalue weighted by atomic mass is 10.2. The Labute approximate surface area is 98.9 Å². The van der Waals surface area contributed by atoms with E-state index in [2.05, 4.69) is 16.4 Å². The van der Waals surface area contributed by atoms with Crippen molar-refractivity contribution in [3.63, 3.8) is 0 Å². The van der Waals surface area contributed by atoms with E-state index in [4.69, 9.17) is 4.42 Å². The van der Waals surface area contributed by atoms with E-state index >= 15 is 0 Å². The van der Waals surface area contributed by atoms with E-state index in [9.17, 15) is 0 Å². The van der Waals surface area contributed by atoms with Crippen LogP contribution in [0.1, 0.15) is 5.76 Å². The first-order chi connectivity index (χ1) is 8.33. The Morgan fingerprint density at radius 2 is 2.29 bits per heavy atom. The largest absolute Gasteiger partial charge is 0.467 e. The Hall–Kier alpha value is -2.23. The monoisotopic (exact) mass is 227 g/mol. The normalized spacial score (nSPS) is 10.9. The van der Waals surface area contributed by atoms with Gasteiger partial charge in [0.1, 0.15) is 5.76 Å². The van der Waals surface area contributed by atoms with Crippen molar-refractivity contribution in [1.82, 2.24) is 9.55 Å². The van der Waals surface area contributed by atoms with Gasteiger partial charge in [-0.1, -0.05) is 0 Å². The quantitative estimate of drug-likeness (QED) is 0.748. The average Bonchev–Trinajstić information content (AvgIpc) is 2.97. The molecule has 0 fully saturated rings. The number of hydrogen-bond donors (Lipinski definition) is 1. The van der Waals surface area contributed by atoms with E-state index in [0.29, 0.717) is 6.54 Å². The fraction of sp³-hybridized carbons (Fsp3) is 0.154. The molecule has 17 heavy (non-hydrogen) atoms. The summed E-state index contributed by atoms with van der Waals surface area (Å²) < 4.78 is 7.27. The fourth-order valence-corrected chi connectivity index (χ4v) is 1.85. The van der Waals surface area contributed by atoms with Gasteiger partial charge in [-0.2, -0.15) is 0 Å². The zero-order valence-electron chi connectivity index (χ0n) is 9.55. The maximum Gasteiger partial charge on any atom is 0.122 e.